The molecule has 5 nitrogen and oxygen atoms in total. The van der Waals surface area contributed by atoms with Crippen LogP contribution in [-0.2, 0) is 4.74 Å². The van der Waals surface area contributed by atoms with Crippen molar-refractivity contribution < 1.29 is 18.3 Å². The van der Waals surface area contributed by atoms with Crippen LogP contribution in [-0.4, -0.2) is 55.2 Å². The second-order valence-electron chi connectivity index (χ2n) is 7.36. The van der Waals surface area contributed by atoms with E-state index < -0.39 is 11.6 Å². The van der Waals surface area contributed by atoms with Gasteiger partial charge in [-0.15, -0.1) is 12.4 Å². The van der Waals surface area contributed by atoms with E-state index in [1.807, 2.05) is 25.1 Å². The minimum absolute atomic E-state index is 0. The fraction of sp³-hybridized carbons (Fsp3) is 0.364. The van der Waals surface area contributed by atoms with E-state index in [1.54, 1.807) is 4.90 Å². The van der Waals surface area contributed by atoms with Crippen LogP contribution in [0.1, 0.15) is 22.3 Å². The summed E-state index contributed by atoms with van der Waals surface area (Å²) in [5, 5.41) is 0.562. The number of hydrogen-bond acceptors (Lipinski definition) is 5. The monoisotopic (exact) mass is 467 g/mol. The van der Waals surface area contributed by atoms with E-state index >= 15 is 0 Å². The fourth-order valence-electron chi connectivity index (χ4n) is 3.48. The molecule has 0 atom stereocenters. The molecule has 0 unspecified atom stereocenters. The van der Waals surface area contributed by atoms with E-state index in [0.717, 1.165) is 54.0 Å². The summed E-state index contributed by atoms with van der Waals surface area (Å²) in [6, 6.07) is 9.18. The Kier molecular flexibility index (Phi) is 7.94. The Balaban J connectivity index is 0.00000272. The van der Waals surface area contributed by atoms with Crippen LogP contribution < -0.4 is 4.90 Å². The molecule has 4 rings (SSSR count). The Hall–Kier alpha value is -2.13. The first kappa shape index (κ1) is 23.5. The Bertz CT molecular complexity index is 1060. The minimum Gasteiger partial charge on any atom is -0.379 e. The van der Waals surface area contributed by atoms with Crippen molar-refractivity contribution in [2.24, 2.45) is 0 Å². The Morgan fingerprint density at radius 2 is 1.94 bits per heavy atom. The molecule has 0 spiro atoms. The molecule has 0 N–H and O–H groups in total. The van der Waals surface area contributed by atoms with Crippen molar-refractivity contribution >= 4 is 45.0 Å². The Morgan fingerprint density at radius 3 is 2.68 bits per heavy atom. The predicted octanol–water partition coefficient (Wildman–Crippen LogP) is 4.67. The number of rotatable bonds is 6. The first-order chi connectivity index (χ1) is 14.5. The number of benzene rings is 2. The van der Waals surface area contributed by atoms with Crippen LogP contribution in [0, 0.1) is 18.6 Å². The number of morpholine rings is 1. The molecular weight excluding hydrogens is 444 g/mol. The van der Waals surface area contributed by atoms with Gasteiger partial charge < -0.3 is 4.74 Å². The average molecular weight is 468 g/mol. The van der Waals surface area contributed by atoms with Crippen molar-refractivity contribution in [3.05, 3.63) is 59.2 Å². The fourth-order valence-corrected chi connectivity index (χ4v) is 4.57. The third-order valence-corrected chi connectivity index (χ3v) is 6.18. The number of anilines is 1. The molecule has 3 aromatic rings. The van der Waals surface area contributed by atoms with E-state index in [-0.39, 0.29) is 23.9 Å². The van der Waals surface area contributed by atoms with Crippen LogP contribution in [0.5, 0.6) is 0 Å². The molecule has 2 aromatic carbocycles. The van der Waals surface area contributed by atoms with Crippen molar-refractivity contribution in [2.45, 2.75) is 13.3 Å². The quantitative estimate of drug-likeness (QED) is 0.528. The van der Waals surface area contributed by atoms with E-state index in [4.69, 9.17) is 4.74 Å². The lowest BCUT2D eigenvalue weighted by Gasteiger charge is -2.27. The maximum absolute atomic E-state index is 13.7. The topological polar surface area (TPSA) is 45.7 Å². The van der Waals surface area contributed by atoms with Crippen LogP contribution >= 0.6 is 23.7 Å². The van der Waals surface area contributed by atoms with Crippen LogP contribution in [0.2, 0.25) is 0 Å². The van der Waals surface area contributed by atoms with Crippen LogP contribution in [0.3, 0.4) is 0 Å². The highest BCUT2D eigenvalue weighted by atomic mass is 35.5. The zero-order valence-corrected chi connectivity index (χ0v) is 18.8. The number of thiazole rings is 1. The van der Waals surface area contributed by atoms with Crippen molar-refractivity contribution in [2.75, 3.05) is 44.3 Å². The summed E-state index contributed by atoms with van der Waals surface area (Å²) in [5.74, 6) is -2.39. The third-order valence-electron chi connectivity index (χ3n) is 5.14. The molecule has 2 heterocycles. The summed E-state index contributed by atoms with van der Waals surface area (Å²) in [7, 11) is 0. The van der Waals surface area contributed by atoms with Gasteiger partial charge in [0.15, 0.2) is 16.8 Å². The zero-order chi connectivity index (χ0) is 21.1. The van der Waals surface area contributed by atoms with Gasteiger partial charge in [-0.25, -0.2) is 13.8 Å². The lowest BCUT2D eigenvalue weighted by atomic mass is 10.2. The van der Waals surface area contributed by atoms with Gasteiger partial charge in [-0.1, -0.05) is 17.4 Å². The van der Waals surface area contributed by atoms with E-state index in [2.05, 4.69) is 9.88 Å². The second-order valence-corrected chi connectivity index (χ2v) is 8.37. The highest BCUT2D eigenvalue weighted by Crippen LogP contribution is 2.30. The summed E-state index contributed by atoms with van der Waals surface area (Å²) in [5.41, 5.74) is 2.04. The van der Waals surface area contributed by atoms with Gasteiger partial charge in [0.1, 0.15) is 0 Å². The SMILES string of the molecule is Cc1ccc2nc(N(CCCN3CCOCC3)C(=O)c3ccc(F)c(F)c3)sc2c1.Cl. The first-order valence-corrected chi connectivity index (χ1v) is 10.8. The van der Waals surface area contributed by atoms with Crippen LogP contribution in [0.4, 0.5) is 13.9 Å². The number of aryl methyl sites for hydroxylation is 1. The lowest BCUT2D eigenvalue weighted by molar-refractivity contribution is 0.0376. The largest absolute Gasteiger partial charge is 0.379 e. The van der Waals surface area contributed by atoms with Crippen molar-refractivity contribution in [3.8, 4) is 0 Å². The molecule has 31 heavy (non-hydrogen) atoms. The second kappa shape index (κ2) is 10.5. The normalized spacial score (nSPS) is 14.4. The van der Waals surface area contributed by atoms with Gasteiger partial charge in [-0.3, -0.25) is 14.6 Å². The summed E-state index contributed by atoms with van der Waals surface area (Å²) in [4.78, 5) is 21.7. The van der Waals surface area contributed by atoms with Gasteiger partial charge in [-0.05, 0) is 49.2 Å². The summed E-state index contributed by atoms with van der Waals surface area (Å²) < 4.78 is 33.4. The maximum Gasteiger partial charge on any atom is 0.260 e. The van der Waals surface area contributed by atoms with Gasteiger partial charge in [0.05, 0.1) is 23.4 Å². The van der Waals surface area contributed by atoms with Gasteiger partial charge in [0, 0.05) is 31.7 Å². The number of nitrogens with zero attached hydrogens (tertiary/aromatic N) is 3. The molecule has 1 aliphatic rings. The Labute approximate surface area is 190 Å². The Morgan fingerprint density at radius 1 is 1.16 bits per heavy atom. The number of amides is 1. The third kappa shape index (κ3) is 5.57. The molecule has 9 heteroatoms. The highest BCUT2D eigenvalue weighted by Gasteiger charge is 2.23. The average Bonchev–Trinajstić information content (AvgIpc) is 3.16. The van der Waals surface area contributed by atoms with Gasteiger partial charge in [0.2, 0.25) is 0 Å². The highest BCUT2D eigenvalue weighted by molar-refractivity contribution is 7.22. The molecule has 1 fully saturated rings. The minimum atomic E-state index is -1.03. The van der Waals surface area contributed by atoms with E-state index in [9.17, 15) is 13.6 Å². The number of carbonyl (C=O) groups excluding carboxylic acids is 1. The number of aromatic nitrogens is 1. The van der Waals surface area contributed by atoms with Gasteiger partial charge in [-0.2, -0.15) is 0 Å². The number of carbonyl (C=O) groups is 1. The molecule has 1 aliphatic heterocycles. The number of fused-ring (bicyclic) bond motifs is 1. The molecule has 1 saturated heterocycles. The molecular formula is C22H24ClF2N3O2S. The maximum atomic E-state index is 13.7. The smallest absolute Gasteiger partial charge is 0.260 e. The number of hydrogen-bond donors (Lipinski definition) is 0. The van der Waals surface area contributed by atoms with Gasteiger partial charge in [0.25, 0.3) is 5.91 Å². The van der Waals surface area contributed by atoms with E-state index in [1.165, 1.54) is 17.4 Å². The van der Waals surface area contributed by atoms with Crippen LogP contribution in [0.15, 0.2) is 36.4 Å². The molecule has 0 aliphatic carbocycles. The van der Waals surface area contributed by atoms with E-state index in [0.29, 0.717) is 24.9 Å². The molecule has 0 saturated carbocycles. The van der Waals surface area contributed by atoms with Crippen molar-refractivity contribution in [1.29, 1.82) is 0 Å². The summed E-state index contributed by atoms with van der Waals surface area (Å²) >= 11 is 1.43. The molecule has 0 bridgehead atoms. The lowest BCUT2D eigenvalue weighted by Crippen LogP contribution is -2.39. The predicted molar refractivity (Wildman–Crippen MR) is 122 cm³/mol. The molecule has 1 aromatic heterocycles. The number of halogens is 3. The van der Waals surface area contributed by atoms with Crippen molar-refractivity contribution in [3.63, 3.8) is 0 Å². The van der Waals surface area contributed by atoms with Crippen LogP contribution in [0.25, 0.3) is 10.2 Å². The first-order valence-electron chi connectivity index (χ1n) is 9.95. The van der Waals surface area contributed by atoms with Crippen molar-refractivity contribution in [1.82, 2.24) is 9.88 Å². The standard InChI is InChI=1S/C22H23F2N3O2S.ClH/c1-15-3-6-19-20(13-15)30-22(25-19)27(8-2-7-26-9-11-29-12-10-26)21(28)16-4-5-17(23)18(24)14-16;/h3-6,13-14H,2,7-12H2,1H3;1H. The summed E-state index contributed by atoms with van der Waals surface area (Å²) in [6.07, 6.45) is 0.740. The zero-order valence-electron chi connectivity index (χ0n) is 17.1. The number of ether oxygens (including phenoxy) is 1. The van der Waals surface area contributed by atoms with Gasteiger partial charge >= 0.3 is 0 Å². The molecule has 1 amide bonds. The molecule has 0 radical (unpaired) electrons. The molecule has 166 valence electrons. The summed E-state index contributed by atoms with van der Waals surface area (Å²) in [6.45, 7) is 6.45.